The molecule has 1 N–H and O–H groups in total. The van der Waals surface area contributed by atoms with Crippen molar-refractivity contribution in [1.82, 2.24) is 14.8 Å². The first-order valence-electron chi connectivity index (χ1n) is 9.66. The highest BCUT2D eigenvalue weighted by Gasteiger charge is 2.41. The fraction of sp³-hybridized carbons (Fsp3) is 0.130. The molecular weight excluding hydrogens is 416 g/mol. The summed E-state index contributed by atoms with van der Waals surface area (Å²) in [5, 5.41) is 10.8. The van der Waals surface area contributed by atoms with Gasteiger partial charge in [-0.3, -0.25) is 0 Å². The Hall–Kier alpha value is -3.09. The summed E-state index contributed by atoms with van der Waals surface area (Å²) in [4.78, 5) is 5.60. The second-order valence-corrected chi connectivity index (χ2v) is 8.87. The normalized spacial score (nSPS) is 19.4. The van der Waals surface area contributed by atoms with Crippen LogP contribution in [-0.4, -0.2) is 14.8 Å². The molecule has 4 heterocycles. The number of hydrogen-bond donors (Lipinski definition) is 1. The minimum atomic E-state index is -0.232. The third-order valence-corrected chi connectivity index (χ3v) is 6.72. The zero-order chi connectivity index (χ0) is 20.2. The number of aryl methyl sites for hydroxylation is 1. The second-order valence-electron chi connectivity index (χ2n) is 7.45. The fourth-order valence-electron chi connectivity index (χ4n) is 4.19. The summed E-state index contributed by atoms with van der Waals surface area (Å²) in [6.45, 7) is 2.09. The largest absolute Gasteiger partial charge is 0.480 e. The Labute approximate surface area is 182 Å². The number of halogens is 1. The van der Waals surface area contributed by atoms with Crippen LogP contribution in [0.4, 0.5) is 5.95 Å². The number of fused-ring (bicyclic) bond motifs is 3. The highest BCUT2D eigenvalue weighted by Crippen LogP contribution is 2.51. The summed E-state index contributed by atoms with van der Waals surface area (Å²) in [7, 11) is 0. The molecular formula is C23H17ClN4OS. The molecule has 0 saturated heterocycles. The molecule has 2 aromatic heterocycles. The summed E-state index contributed by atoms with van der Waals surface area (Å²) in [6.07, 6.45) is 1.35. The molecule has 0 amide bonds. The van der Waals surface area contributed by atoms with Gasteiger partial charge in [0.25, 0.3) is 0 Å². The van der Waals surface area contributed by atoms with Crippen molar-refractivity contribution in [2.45, 2.75) is 19.1 Å². The molecule has 2 aliphatic rings. The SMILES string of the molecule is Cc1ccc([C@H]2C3=C(Nc4ncnn42)c2cc(Cl)ccc2O[C@H]3c2cccs2)cc1. The molecule has 7 heteroatoms. The van der Waals surface area contributed by atoms with Crippen LogP contribution >= 0.6 is 22.9 Å². The van der Waals surface area contributed by atoms with Gasteiger partial charge in [0.1, 0.15) is 18.1 Å². The average Bonchev–Trinajstić information content (AvgIpc) is 3.44. The lowest BCUT2D eigenvalue weighted by molar-refractivity contribution is 0.226. The molecule has 6 rings (SSSR count). The monoisotopic (exact) mass is 432 g/mol. The van der Waals surface area contributed by atoms with Crippen LogP contribution in [0.15, 0.2) is 71.9 Å². The molecule has 4 aromatic rings. The molecule has 148 valence electrons. The Kier molecular flexibility index (Phi) is 3.97. The van der Waals surface area contributed by atoms with Crippen molar-refractivity contribution < 1.29 is 4.74 Å². The Morgan fingerprint density at radius 3 is 2.80 bits per heavy atom. The van der Waals surface area contributed by atoms with Gasteiger partial charge in [-0.2, -0.15) is 10.1 Å². The van der Waals surface area contributed by atoms with Gasteiger partial charge < -0.3 is 10.1 Å². The van der Waals surface area contributed by atoms with E-state index in [-0.39, 0.29) is 12.1 Å². The molecule has 0 radical (unpaired) electrons. The van der Waals surface area contributed by atoms with E-state index in [0.29, 0.717) is 11.0 Å². The Morgan fingerprint density at radius 1 is 1.13 bits per heavy atom. The van der Waals surface area contributed by atoms with E-state index in [9.17, 15) is 0 Å². The minimum Gasteiger partial charge on any atom is -0.480 e. The maximum absolute atomic E-state index is 6.56. The predicted octanol–water partition coefficient (Wildman–Crippen LogP) is 5.86. The molecule has 0 saturated carbocycles. The van der Waals surface area contributed by atoms with E-state index in [2.05, 4.69) is 64.1 Å². The lowest BCUT2D eigenvalue weighted by Gasteiger charge is -2.38. The van der Waals surface area contributed by atoms with Crippen molar-refractivity contribution in [2.24, 2.45) is 0 Å². The first-order valence-corrected chi connectivity index (χ1v) is 10.9. The number of nitrogens with zero attached hydrogens (tertiary/aromatic N) is 3. The number of benzene rings is 2. The molecule has 0 fully saturated rings. The number of hydrogen-bond acceptors (Lipinski definition) is 5. The number of ether oxygens (including phenoxy) is 1. The second kappa shape index (κ2) is 6.72. The van der Waals surface area contributed by atoms with Crippen molar-refractivity contribution >= 4 is 34.6 Å². The first-order chi connectivity index (χ1) is 14.7. The maximum Gasteiger partial charge on any atom is 0.226 e. The van der Waals surface area contributed by atoms with Crippen molar-refractivity contribution in [2.75, 3.05) is 5.32 Å². The van der Waals surface area contributed by atoms with Gasteiger partial charge in [0.05, 0.1) is 5.70 Å². The lowest BCUT2D eigenvalue weighted by atomic mass is 9.86. The van der Waals surface area contributed by atoms with E-state index >= 15 is 0 Å². The Balaban J connectivity index is 1.64. The smallest absolute Gasteiger partial charge is 0.226 e. The molecule has 0 unspecified atom stereocenters. The highest BCUT2D eigenvalue weighted by atomic mass is 35.5. The van der Waals surface area contributed by atoms with Gasteiger partial charge in [0, 0.05) is 21.0 Å². The third-order valence-electron chi connectivity index (χ3n) is 5.57. The number of aromatic nitrogens is 3. The number of nitrogens with one attached hydrogen (secondary N) is 1. The third kappa shape index (κ3) is 2.68. The highest BCUT2D eigenvalue weighted by molar-refractivity contribution is 7.10. The molecule has 2 atom stereocenters. The predicted molar refractivity (Wildman–Crippen MR) is 119 cm³/mol. The van der Waals surface area contributed by atoms with Crippen LogP contribution < -0.4 is 10.1 Å². The van der Waals surface area contributed by atoms with Gasteiger partial charge in [-0.05, 0) is 42.1 Å². The molecule has 0 bridgehead atoms. The molecule has 0 spiro atoms. The molecule has 30 heavy (non-hydrogen) atoms. The van der Waals surface area contributed by atoms with E-state index in [0.717, 1.165) is 33.0 Å². The van der Waals surface area contributed by atoms with Crippen molar-refractivity contribution in [1.29, 1.82) is 0 Å². The number of anilines is 1. The molecule has 0 aliphatic carbocycles. The van der Waals surface area contributed by atoms with Crippen LogP contribution in [0, 0.1) is 6.92 Å². The first kappa shape index (κ1) is 17.7. The van der Waals surface area contributed by atoms with Gasteiger partial charge >= 0.3 is 0 Å². The summed E-state index contributed by atoms with van der Waals surface area (Å²) < 4.78 is 8.49. The van der Waals surface area contributed by atoms with Crippen LogP contribution in [0.5, 0.6) is 5.75 Å². The van der Waals surface area contributed by atoms with Crippen LogP contribution in [-0.2, 0) is 0 Å². The Bertz CT molecular complexity index is 1280. The number of thiophene rings is 1. The van der Waals surface area contributed by atoms with Crippen molar-refractivity contribution in [3.8, 4) is 5.75 Å². The average molecular weight is 433 g/mol. The summed E-state index contributed by atoms with van der Waals surface area (Å²) in [6, 6.07) is 18.3. The van der Waals surface area contributed by atoms with Gasteiger partial charge in [0.2, 0.25) is 5.95 Å². The zero-order valence-corrected chi connectivity index (χ0v) is 17.6. The molecule has 2 aliphatic heterocycles. The van der Waals surface area contributed by atoms with Crippen LogP contribution in [0.25, 0.3) is 5.70 Å². The van der Waals surface area contributed by atoms with Crippen molar-refractivity contribution in [3.63, 3.8) is 0 Å². The van der Waals surface area contributed by atoms with E-state index in [1.54, 1.807) is 17.7 Å². The maximum atomic E-state index is 6.56. The lowest BCUT2D eigenvalue weighted by Crippen LogP contribution is -2.32. The van der Waals surface area contributed by atoms with E-state index in [1.165, 1.54) is 5.56 Å². The van der Waals surface area contributed by atoms with Gasteiger partial charge in [-0.1, -0.05) is 47.5 Å². The zero-order valence-electron chi connectivity index (χ0n) is 16.0. The molecule has 2 aromatic carbocycles. The summed E-state index contributed by atoms with van der Waals surface area (Å²) in [5.74, 6) is 1.51. The van der Waals surface area contributed by atoms with Gasteiger partial charge in [-0.25, -0.2) is 4.68 Å². The standard InChI is InChI=1S/C23H17ClN4OS/c1-13-4-6-14(7-5-13)21-19-20(27-23-25-12-26-28(21)23)16-11-15(24)8-9-17(16)29-22(19)18-3-2-10-30-18/h2-12,21-22H,1H3,(H,25,26,27)/t21-,22-/m0/s1. The van der Waals surface area contributed by atoms with Crippen LogP contribution in [0.1, 0.15) is 33.7 Å². The Morgan fingerprint density at radius 2 is 2.00 bits per heavy atom. The summed E-state index contributed by atoms with van der Waals surface area (Å²) in [5.41, 5.74) is 5.39. The molecule has 5 nitrogen and oxygen atoms in total. The fourth-order valence-corrected chi connectivity index (χ4v) is 5.13. The summed E-state index contributed by atoms with van der Waals surface area (Å²) >= 11 is 8.04. The van der Waals surface area contributed by atoms with Crippen molar-refractivity contribution in [3.05, 3.63) is 98.5 Å². The van der Waals surface area contributed by atoms with E-state index in [4.69, 9.17) is 16.3 Å². The quantitative estimate of drug-likeness (QED) is 0.431. The minimum absolute atomic E-state index is 0.140. The van der Waals surface area contributed by atoms with E-state index in [1.807, 2.05) is 22.9 Å². The number of rotatable bonds is 2. The topological polar surface area (TPSA) is 52.0 Å². The van der Waals surface area contributed by atoms with Crippen LogP contribution in [0.3, 0.4) is 0 Å². The van der Waals surface area contributed by atoms with Gasteiger partial charge in [0.15, 0.2) is 6.10 Å². The van der Waals surface area contributed by atoms with Gasteiger partial charge in [-0.15, -0.1) is 11.3 Å². The van der Waals surface area contributed by atoms with E-state index < -0.39 is 0 Å². The van der Waals surface area contributed by atoms with Crippen LogP contribution in [0.2, 0.25) is 5.02 Å².